The van der Waals surface area contributed by atoms with Gasteiger partial charge < -0.3 is 20.5 Å². The number of aliphatic carboxylic acids is 1. The van der Waals surface area contributed by atoms with Gasteiger partial charge in [0.2, 0.25) is 5.91 Å². The van der Waals surface area contributed by atoms with Crippen molar-refractivity contribution in [3.8, 4) is 0 Å². The summed E-state index contributed by atoms with van der Waals surface area (Å²) in [4.78, 5) is 37.0. The number of rotatable bonds is 5. The molecule has 0 spiro atoms. The van der Waals surface area contributed by atoms with E-state index in [0.717, 1.165) is 0 Å². The van der Waals surface area contributed by atoms with Crippen molar-refractivity contribution < 1.29 is 37.4 Å². The molecule has 0 aromatic carbocycles. The maximum absolute atomic E-state index is 13.0. The van der Waals surface area contributed by atoms with Crippen LogP contribution < -0.4 is 10.6 Å². The molecule has 0 aromatic rings. The van der Waals surface area contributed by atoms with Crippen molar-refractivity contribution in [1.29, 1.82) is 0 Å². The number of halogens is 3. The molecule has 0 bridgehead atoms. The highest BCUT2D eigenvalue weighted by atomic mass is 19.4. The Kier molecular flexibility index (Phi) is 7.82. The van der Waals surface area contributed by atoms with Crippen LogP contribution in [0.3, 0.4) is 0 Å². The van der Waals surface area contributed by atoms with E-state index in [1.165, 1.54) is 0 Å². The van der Waals surface area contributed by atoms with Crippen LogP contribution in [0.25, 0.3) is 0 Å². The lowest BCUT2D eigenvalue weighted by molar-refractivity contribution is -0.188. The van der Waals surface area contributed by atoms with Crippen LogP contribution in [0.1, 0.15) is 73.6 Å². The smallest absolute Gasteiger partial charge is 0.408 e. The van der Waals surface area contributed by atoms with Gasteiger partial charge >= 0.3 is 18.2 Å². The summed E-state index contributed by atoms with van der Waals surface area (Å²) in [7, 11) is 0. The second-order valence-corrected chi connectivity index (χ2v) is 10.2. The van der Waals surface area contributed by atoms with Gasteiger partial charge in [0.25, 0.3) is 0 Å². The highest BCUT2D eigenvalue weighted by molar-refractivity contribution is 5.91. The van der Waals surface area contributed by atoms with Crippen molar-refractivity contribution >= 4 is 18.0 Å². The van der Waals surface area contributed by atoms with Crippen LogP contribution in [0.15, 0.2) is 0 Å². The van der Waals surface area contributed by atoms with Gasteiger partial charge in [-0.2, -0.15) is 13.2 Å². The Morgan fingerprint density at radius 1 is 1.07 bits per heavy atom. The Labute approximate surface area is 175 Å². The van der Waals surface area contributed by atoms with E-state index >= 15 is 0 Å². The number of amides is 2. The number of carboxylic acids is 1. The molecule has 0 radical (unpaired) electrons. The molecule has 1 aliphatic carbocycles. The van der Waals surface area contributed by atoms with Crippen molar-refractivity contribution in [2.24, 2.45) is 11.3 Å². The SMILES string of the molecule is CC(C)(C)C[C@@H](NC(=O)OC(C)(C)C)C(=O)NC1(C(=O)O)CCC(C(F)(F)F)CC1. The average Bonchev–Trinajstić information content (AvgIpc) is 2.50. The van der Waals surface area contributed by atoms with Gasteiger partial charge in [-0.3, -0.25) is 4.79 Å². The van der Waals surface area contributed by atoms with Crippen LogP contribution >= 0.6 is 0 Å². The Balaban J connectivity index is 2.99. The van der Waals surface area contributed by atoms with Gasteiger partial charge in [0, 0.05) is 0 Å². The van der Waals surface area contributed by atoms with E-state index in [4.69, 9.17) is 4.74 Å². The maximum atomic E-state index is 13.0. The normalized spacial score (nSPS) is 24.0. The highest BCUT2D eigenvalue weighted by Crippen LogP contribution is 2.41. The van der Waals surface area contributed by atoms with E-state index in [1.54, 1.807) is 20.8 Å². The third-order valence-corrected chi connectivity index (χ3v) is 4.90. The first-order chi connectivity index (χ1) is 13.3. The van der Waals surface area contributed by atoms with Gasteiger partial charge in [-0.25, -0.2) is 9.59 Å². The third kappa shape index (κ3) is 8.02. The van der Waals surface area contributed by atoms with E-state index in [1.807, 2.05) is 20.8 Å². The fourth-order valence-electron chi connectivity index (χ4n) is 3.42. The number of carbonyl (C=O) groups is 3. The summed E-state index contributed by atoms with van der Waals surface area (Å²) in [5.74, 6) is -3.74. The molecule has 0 aromatic heterocycles. The monoisotopic (exact) mass is 438 g/mol. The fourth-order valence-corrected chi connectivity index (χ4v) is 3.42. The molecule has 7 nitrogen and oxygen atoms in total. The Hall–Kier alpha value is -2.00. The molecule has 2 amide bonds. The van der Waals surface area contributed by atoms with E-state index in [0.29, 0.717) is 0 Å². The van der Waals surface area contributed by atoms with Crippen molar-refractivity contribution in [3.63, 3.8) is 0 Å². The van der Waals surface area contributed by atoms with Gasteiger partial charge in [-0.1, -0.05) is 20.8 Å². The zero-order valence-corrected chi connectivity index (χ0v) is 18.4. The van der Waals surface area contributed by atoms with Crippen molar-refractivity contribution in [2.45, 2.75) is 97.0 Å². The predicted octanol–water partition coefficient (Wildman–Crippen LogP) is 4.01. The van der Waals surface area contributed by atoms with Gasteiger partial charge in [-0.05, 0) is 58.3 Å². The molecule has 1 rings (SSSR count). The topological polar surface area (TPSA) is 105 Å². The summed E-state index contributed by atoms with van der Waals surface area (Å²) in [5, 5.41) is 14.5. The van der Waals surface area contributed by atoms with E-state index < -0.39 is 52.7 Å². The van der Waals surface area contributed by atoms with E-state index in [-0.39, 0.29) is 32.1 Å². The van der Waals surface area contributed by atoms with E-state index in [2.05, 4.69) is 10.6 Å². The Bertz CT molecular complexity index is 642. The summed E-state index contributed by atoms with van der Waals surface area (Å²) in [6, 6.07) is -1.10. The highest BCUT2D eigenvalue weighted by Gasteiger charge is 2.50. The minimum atomic E-state index is -4.40. The maximum Gasteiger partial charge on any atom is 0.408 e. The lowest BCUT2D eigenvalue weighted by Crippen LogP contribution is -2.61. The van der Waals surface area contributed by atoms with Gasteiger partial charge in [0.1, 0.15) is 17.2 Å². The number of hydrogen-bond acceptors (Lipinski definition) is 4. The molecule has 0 saturated heterocycles. The largest absolute Gasteiger partial charge is 0.480 e. The quantitative estimate of drug-likeness (QED) is 0.602. The summed E-state index contributed by atoms with van der Waals surface area (Å²) in [6.07, 6.45) is -6.52. The molecule has 10 heteroatoms. The number of ether oxygens (including phenoxy) is 1. The molecule has 0 unspecified atom stereocenters. The van der Waals surface area contributed by atoms with Gasteiger partial charge in [0.15, 0.2) is 0 Å². The number of nitrogens with one attached hydrogen (secondary N) is 2. The molecular formula is C20H33F3N2O5. The Morgan fingerprint density at radius 3 is 1.93 bits per heavy atom. The van der Waals surface area contributed by atoms with Crippen molar-refractivity contribution in [2.75, 3.05) is 0 Å². The molecule has 3 N–H and O–H groups in total. The minimum absolute atomic E-state index is 0.180. The number of hydrogen-bond donors (Lipinski definition) is 3. The third-order valence-electron chi connectivity index (χ3n) is 4.90. The second kappa shape index (κ2) is 9.01. The summed E-state index contributed by atoms with van der Waals surface area (Å²) in [5.41, 5.74) is -3.00. The molecule has 0 heterocycles. The van der Waals surface area contributed by atoms with Crippen LogP contribution in [0, 0.1) is 11.3 Å². The molecule has 1 saturated carbocycles. The van der Waals surface area contributed by atoms with Gasteiger partial charge in [0.05, 0.1) is 5.92 Å². The van der Waals surface area contributed by atoms with Crippen LogP contribution in [-0.4, -0.2) is 46.4 Å². The number of alkyl halides is 3. The standard InChI is InChI=1S/C20H33F3N2O5/c1-17(2,3)11-13(24-16(29)30-18(4,5)6)14(26)25-19(15(27)28)9-7-12(8-10-19)20(21,22)23/h12-13H,7-11H2,1-6H3,(H,24,29)(H,25,26)(H,27,28)/t12?,13-,19?/m1/s1. The van der Waals surface area contributed by atoms with Crippen molar-refractivity contribution in [1.82, 2.24) is 10.6 Å². The van der Waals surface area contributed by atoms with Crippen LogP contribution in [0.2, 0.25) is 0 Å². The summed E-state index contributed by atoms with van der Waals surface area (Å²) in [6.45, 7) is 10.5. The lowest BCUT2D eigenvalue weighted by Gasteiger charge is -2.39. The first kappa shape index (κ1) is 26.0. The predicted molar refractivity (Wildman–Crippen MR) is 104 cm³/mol. The molecule has 1 aliphatic rings. The first-order valence-electron chi connectivity index (χ1n) is 9.96. The summed E-state index contributed by atoms with van der Waals surface area (Å²) < 4.78 is 44.0. The number of carboxylic acid groups (broad SMARTS) is 1. The number of alkyl carbamates (subject to hydrolysis) is 1. The van der Waals surface area contributed by atoms with E-state index in [9.17, 15) is 32.7 Å². The van der Waals surface area contributed by atoms with Crippen molar-refractivity contribution in [3.05, 3.63) is 0 Å². The fraction of sp³-hybridized carbons (Fsp3) is 0.850. The summed E-state index contributed by atoms with van der Waals surface area (Å²) >= 11 is 0. The zero-order valence-electron chi connectivity index (χ0n) is 18.4. The molecular weight excluding hydrogens is 405 g/mol. The second-order valence-electron chi connectivity index (χ2n) is 10.2. The van der Waals surface area contributed by atoms with Crippen LogP contribution in [0.4, 0.5) is 18.0 Å². The molecule has 30 heavy (non-hydrogen) atoms. The number of carbonyl (C=O) groups excluding carboxylic acids is 2. The zero-order chi connectivity index (χ0) is 23.5. The molecule has 0 aliphatic heterocycles. The van der Waals surface area contributed by atoms with Crippen LogP contribution in [0.5, 0.6) is 0 Å². The lowest BCUT2D eigenvalue weighted by atomic mass is 9.75. The van der Waals surface area contributed by atoms with Gasteiger partial charge in [-0.15, -0.1) is 0 Å². The average molecular weight is 438 g/mol. The Morgan fingerprint density at radius 2 is 1.57 bits per heavy atom. The molecule has 1 atom stereocenters. The molecule has 1 fully saturated rings. The molecule has 174 valence electrons. The minimum Gasteiger partial charge on any atom is -0.480 e. The van der Waals surface area contributed by atoms with Crippen LogP contribution in [-0.2, 0) is 14.3 Å². The first-order valence-corrected chi connectivity index (χ1v) is 9.96.